The van der Waals surface area contributed by atoms with Gasteiger partial charge in [0, 0.05) is 0 Å². The van der Waals surface area contributed by atoms with Gasteiger partial charge in [-0.15, -0.1) is 0 Å². The molecule has 0 aliphatic heterocycles. The van der Waals surface area contributed by atoms with Gasteiger partial charge in [0.1, 0.15) is 5.78 Å². The summed E-state index contributed by atoms with van der Waals surface area (Å²) in [7, 11) is 0. The number of hydrogen-bond donors (Lipinski definition) is 1. The Kier molecular flexibility index (Phi) is 3.23. The minimum absolute atomic E-state index is 0.169. The first-order valence-electron chi connectivity index (χ1n) is 3.18. The van der Waals surface area contributed by atoms with Crippen molar-refractivity contribution in [1.29, 1.82) is 0 Å². The Bertz CT molecular complexity index is 186. The first kappa shape index (κ1) is 10.6. The van der Waals surface area contributed by atoms with E-state index in [9.17, 15) is 9.59 Å². The molecule has 0 rings (SSSR count). The van der Waals surface area contributed by atoms with Crippen molar-refractivity contribution < 1.29 is 14.7 Å². The Morgan fingerprint density at radius 1 is 1.45 bits per heavy atom. The molecule has 0 spiro atoms. The minimum Gasteiger partial charge on any atom is -0.481 e. The van der Waals surface area contributed by atoms with Gasteiger partial charge in [-0.25, -0.2) is 0 Å². The summed E-state index contributed by atoms with van der Waals surface area (Å²) in [5.74, 6) is -1.15. The van der Waals surface area contributed by atoms with Gasteiger partial charge in [-0.1, -0.05) is 15.9 Å². The molecule has 11 heavy (non-hydrogen) atoms. The van der Waals surface area contributed by atoms with Gasteiger partial charge >= 0.3 is 5.97 Å². The quantitative estimate of drug-likeness (QED) is 0.736. The van der Waals surface area contributed by atoms with Crippen LogP contribution in [0.1, 0.15) is 20.8 Å². The van der Waals surface area contributed by atoms with E-state index in [0.29, 0.717) is 0 Å². The molecule has 1 unspecified atom stereocenters. The van der Waals surface area contributed by atoms with Crippen LogP contribution in [0.4, 0.5) is 0 Å². The highest BCUT2D eigenvalue weighted by molar-refractivity contribution is 9.10. The second kappa shape index (κ2) is 3.34. The van der Waals surface area contributed by atoms with Gasteiger partial charge in [0.15, 0.2) is 0 Å². The SMILES string of the molecule is CC(=O)C(Br)C(C)(C)C(=O)O. The van der Waals surface area contributed by atoms with Crippen LogP contribution in [0.2, 0.25) is 0 Å². The number of carboxylic acids is 1. The number of Topliss-reactive ketones (excluding diaryl/α,β-unsaturated/α-hetero) is 1. The smallest absolute Gasteiger partial charge is 0.310 e. The zero-order chi connectivity index (χ0) is 9.23. The van der Waals surface area contributed by atoms with Crippen LogP contribution >= 0.6 is 15.9 Å². The Morgan fingerprint density at radius 3 is 1.91 bits per heavy atom. The van der Waals surface area contributed by atoms with Gasteiger partial charge in [0.2, 0.25) is 0 Å². The van der Waals surface area contributed by atoms with Crippen molar-refractivity contribution in [2.75, 3.05) is 0 Å². The number of alkyl halides is 1. The lowest BCUT2D eigenvalue weighted by atomic mass is 9.88. The maximum Gasteiger partial charge on any atom is 0.310 e. The number of hydrogen-bond acceptors (Lipinski definition) is 2. The zero-order valence-corrected chi connectivity index (χ0v) is 8.31. The number of halogens is 1. The topological polar surface area (TPSA) is 54.4 Å². The van der Waals surface area contributed by atoms with Gasteiger partial charge in [-0.05, 0) is 20.8 Å². The molecule has 0 aromatic heterocycles. The lowest BCUT2D eigenvalue weighted by molar-refractivity contribution is -0.148. The highest BCUT2D eigenvalue weighted by Crippen LogP contribution is 2.27. The Morgan fingerprint density at radius 2 is 1.82 bits per heavy atom. The van der Waals surface area contributed by atoms with E-state index in [1.165, 1.54) is 20.8 Å². The maximum atomic E-state index is 10.8. The summed E-state index contributed by atoms with van der Waals surface area (Å²) in [5.41, 5.74) is -1.04. The number of aliphatic carboxylic acids is 1. The molecule has 0 saturated carbocycles. The summed E-state index contributed by atoms with van der Waals surface area (Å²) < 4.78 is 0. The Balaban J connectivity index is 4.55. The number of carbonyl (C=O) groups is 2. The molecule has 0 amide bonds. The average molecular weight is 223 g/mol. The van der Waals surface area contributed by atoms with Crippen molar-refractivity contribution in [3.05, 3.63) is 0 Å². The van der Waals surface area contributed by atoms with Crippen molar-refractivity contribution in [3.63, 3.8) is 0 Å². The van der Waals surface area contributed by atoms with Crippen LogP contribution in [-0.4, -0.2) is 21.7 Å². The number of carbonyl (C=O) groups excluding carboxylic acids is 1. The Labute approximate surface area is 73.9 Å². The van der Waals surface area contributed by atoms with E-state index < -0.39 is 16.2 Å². The largest absolute Gasteiger partial charge is 0.481 e. The van der Waals surface area contributed by atoms with Crippen LogP contribution in [0.15, 0.2) is 0 Å². The highest BCUT2D eigenvalue weighted by atomic mass is 79.9. The molecule has 0 bridgehead atoms. The first-order chi connectivity index (χ1) is 4.80. The molecule has 3 nitrogen and oxygen atoms in total. The van der Waals surface area contributed by atoms with Crippen molar-refractivity contribution in [3.8, 4) is 0 Å². The third kappa shape index (κ3) is 2.29. The molecule has 0 radical (unpaired) electrons. The third-order valence-corrected chi connectivity index (χ3v) is 3.33. The standard InChI is InChI=1S/C7H11BrO3/c1-4(9)5(8)7(2,3)6(10)11/h5H,1-3H3,(H,10,11). The minimum atomic E-state index is -1.04. The van der Waals surface area contributed by atoms with Crippen molar-refractivity contribution in [2.24, 2.45) is 5.41 Å². The van der Waals surface area contributed by atoms with Gasteiger partial charge in [0.05, 0.1) is 10.2 Å². The maximum absolute atomic E-state index is 10.8. The zero-order valence-electron chi connectivity index (χ0n) is 6.72. The van der Waals surface area contributed by atoms with Gasteiger partial charge in [0.25, 0.3) is 0 Å². The average Bonchev–Trinajstić information content (AvgIpc) is 1.85. The van der Waals surface area contributed by atoms with Crippen LogP contribution in [0, 0.1) is 5.41 Å². The van der Waals surface area contributed by atoms with Gasteiger partial charge in [-0.3, -0.25) is 9.59 Å². The molecule has 64 valence electrons. The van der Waals surface area contributed by atoms with Crippen LogP contribution in [0.25, 0.3) is 0 Å². The number of rotatable bonds is 3. The predicted molar refractivity (Wildman–Crippen MR) is 44.8 cm³/mol. The normalized spacial score (nSPS) is 14.2. The van der Waals surface area contributed by atoms with Crippen LogP contribution < -0.4 is 0 Å². The molecular formula is C7H11BrO3. The van der Waals surface area contributed by atoms with Crippen molar-refractivity contribution in [2.45, 2.75) is 25.6 Å². The summed E-state index contributed by atoms with van der Waals surface area (Å²) in [6.45, 7) is 4.39. The predicted octanol–water partition coefficient (Wildman–Crippen LogP) is 1.45. The van der Waals surface area contributed by atoms with E-state index in [-0.39, 0.29) is 5.78 Å². The van der Waals surface area contributed by atoms with E-state index in [0.717, 1.165) is 0 Å². The fourth-order valence-electron chi connectivity index (χ4n) is 0.617. The summed E-state index contributed by atoms with van der Waals surface area (Å²) in [4.78, 5) is 20.8. The molecule has 0 aromatic rings. The first-order valence-corrected chi connectivity index (χ1v) is 4.09. The van der Waals surface area contributed by atoms with E-state index in [1.807, 2.05) is 0 Å². The molecule has 1 N–H and O–H groups in total. The summed E-state index contributed by atoms with van der Waals surface area (Å²) in [6, 6.07) is 0. The molecule has 1 atom stereocenters. The fraction of sp³-hybridized carbons (Fsp3) is 0.714. The molecule has 0 aliphatic carbocycles. The third-order valence-electron chi connectivity index (χ3n) is 1.54. The second-order valence-corrected chi connectivity index (χ2v) is 3.92. The van der Waals surface area contributed by atoms with Crippen LogP contribution in [0.3, 0.4) is 0 Å². The Hall–Kier alpha value is -0.380. The van der Waals surface area contributed by atoms with Crippen LogP contribution in [0.5, 0.6) is 0 Å². The molecule has 0 aromatic carbocycles. The van der Waals surface area contributed by atoms with Crippen molar-refractivity contribution >= 4 is 27.7 Å². The number of carboxylic acid groups (broad SMARTS) is 1. The molecule has 0 saturated heterocycles. The summed E-state index contributed by atoms with van der Waals surface area (Å²) in [6.07, 6.45) is 0. The lowest BCUT2D eigenvalue weighted by Gasteiger charge is -2.22. The van der Waals surface area contributed by atoms with Gasteiger partial charge < -0.3 is 5.11 Å². The van der Waals surface area contributed by atoms with E-state index >= 15 is 0 Å². The second-order valence-electron chi connectivity index (χ2n) is 3.00. The summed E-state index contributed by atoms with van der Waals surface area (Å²) >= 11 is 3.03. The molecule has 4 heteroatoms. The lowest BCUT2D eigenvalue weighted by Crippen LogP contribution is -2.37. The van der Waals surface area contributed by atoms with E-state index in [2.05, 4.69) is 15.9 Å². The fourth-order valence-corrected chi connectivity index (χ4v) is 0.812. The monoisotopic (exact) mass is 222 g/mol. The van der Waals surface area contributed by atoms with E-state index in [1.54, 1.807) is 0 Å². The molecule has 0 aliphatic rings. The summed E-state index contributed by atoms with van der Waals surface area (Å²) in [5, 5.41) is 8.68. The van der Waals surface area contributed by atoms with E-state index in [4.69, 9.17) is 5.11 Å². The number of ketones is 1. The highest BCUT2D eigenvalue weighted by Gasteiger charge is 2.37. The molecule has 0 heterocycles. The molecular weight excluding hydrogens is 212 g/mol. The molecule has 0 fully saturated rings. The van der Waals surface area contributed by atoms with Gasteiger partial charge in [-0.2, -0.15) is 0 Å². The van der Waals surface area contributed by atoms with Crippen molar-refractivity contribution in [1.82, 2.24) is 0 Å². The van der Waals surface area contributed by atoms with Crippen LogP contribution in [-0.2, 0) is 9.59 Å².